The minimum Gasteiger partial charge on any atom is -0.463 e. The van der Waals surface area contributed by atoms with E-state index in [4.69, 9.17) is 10.2 Å². The van der Waals surface area contributed by atoms with Crippen LogP contribution in [0.3, 0.4) is 0 Å². The molecule has 1 aromatic carbocycles. The summed E-state index contributed by atoms with van der Waals surface area (Å²) < 4.78 is 5.65. The van der Waals surface area contributed by atoms with E-state index in [-0.39, 0.29) is 0 Å². The minimum absolute atomic E-state index is 0.417. The van der Waals surface area contributed by atoms with Crippen molar-refractivity contribution in [3.8, 4) is 0 Å². The van der Waals surface area contributed by atoms with Crippen LogP contribution in [-0.2, 0) is 12.3 Å². The van der Waals surface area contributed by atoms with Crippen molar-refractivity contribution in [2.75, 3.05) is 11.6 Å². The molecule has 0 radical (unpaired) electrons. The van der Waals surface area contributed by atoms with E-state index in [9.17, 15) is 4.79 Å². The molecule has 0 atom stereocenters. The summed E-state index contributed by atoms with van der Waals surface area (Å²) in [6, 6.07) is 11.0. The van der Waals surface area contributed by atoms with Crippen LogP contribution in [0.25, 0.3) is 0 Å². The van der Waals surface area contributed by atoms with Crippen LogP contribution in [0.15, 0.2) is 40.8 Å². The van der Waals surface area contributed by atoms with E-state index < -0.39 is 5.91 Å². The fourth-order valence-electron chi connectivity index (χ4n) is 1.68. The van der Waals surface area contributed by atoms with Crippen molar-refractivity contribution in [2.45, 2.75) is 12.3 Å². The number of hydrogen-bond acceptors (Lipinski definition) is 4. The molecule has 0 aliphatic rings. The molecule has 2 aromatic rings. The molecule has 0 spiro atoms. The Hall–Kier alpha value is -1.88. The molecular formula is C14H16N2O2S. The van der Waals surface area contributed by atoms with Crippen molar-refractivity contribution in [1.29, 1.82) is 0 Å². The molecule has 0 bridgehead atoms. The molecule has 19 heavy (non-hydrogen) atoms. The van der Waals surface area contributed by atoms with Crippen molar-refractivity contribution < 1.29 is 9.21 Å². The first kappa shape index (κ1) is 13.5. The number of rotatable bonds is 6. The molecular weight excluding hydrogens is 260 g/mol. The van der Waals surface area contributed by atoms with Crippen LogP contribution in [-0.4, -0.2) is 12.2 Å². The van der Waals surface area contributed by atoms with E-state index in [0.29, 0.717) is 12.1 Å². The lowest BCUT2D eigenvalue weighted by Crippen LogP contribution is -2.10. The Morgan fingerprint density at radius 1 is 1.21 bits per heavy atom. The van der Waals surface area contributed by atoms with Gasteiger partial charge in [-0.3, -0.25) is 4.79 Å². The molecule has 5 heteroatoms. The third-order valence-electron chi connectivity index (χ3n) is 2.64. The fourth-order valence-corrected chi connectivity index (χ4v) is 2.12. The summed E-state index contributed by atoms with van der Waals surface area (Å²) in [5.41, 5.74) is 6.61. The van der Waals surface area contributed by atoms with Gasteiger partial charge in [-0.1, -0.05) is 0 Å². The summed E-state index contributed by atoms with van der Waals surface area (Å²) in [6.07, 6.45) is 2.04. The first-order valence-electron chi connectivity index (χ1n) is 5.89. The molecule has 0 unspecified atom stereocenters. The van der Waals surface area contributed by atoms with E-state index in [2.05, 4.69) is 5.32 Å². The maximum absolute atomic E-state index is 10.9. The van der Waals surface area contributed by atoms with Gasteiger partial charge in [-0.2, -0.15) is 11.8 Å². The molecule has 1 heterocycles. The highest BCUT2D eigenvalue weighted by molar-refractivity contribution is 7.97. The smallest absolute Gasteiger partial charge is 0.248 e. The highest BCUT2D eigenvalue weighted by Gasteiger charge is 2.02. The van der Waals surface area contributed by atoms with Gasteiger partial charge in [-0.15, -0.1) is 0 Å². The van der Waals surface area contributed by atoms with Crippen LogP contribution in [0.2, 0.25) is 0 Å². The van der Waals surface area contributed by atoms with Crippen LogP contribution in [0.5, 0.6) is 0 Å². The van der Waals surface area contributed by atoms with Gasteiger partial charge in [0, 0.05) is 11.3 Å². The maximum atomic E-state index is 10.9. The van der Waals surface area contributed by atoms with Crippen molar-refractivity contribution in [2.24, 2.45) is 5.73 Å². The lowest BCUT2D eigenvalue weighted by molar-refractivity contribution is 0.100. The van der Waals surface area contributed by atoms with Crippen molar-refractivity contribution in [3.05, 3.63) is 53.5 Å². The van der Waals surface area contributed by atoms with Gasteiger partial charge in [0.25, 0.3) is 0 Å². The highest BCUT2D eigenvalue weighted by atomic mass is 32.2. The van der Waals surface area contributed by atoms with Gasteiger partial charge in [0.15, 0.2) is 0 Å². The van der Waals surface area contributed by atoms with E-state index >= 15 is 0 Å². The Morgan fingerprint density at radius 2 is 1.89 bits per heavy atom. The van der Waals surface area contributed by atoms with Gasteiger partial charge < -0.3 is 15.5 Å². The van der Waals surface area contributed by atoms with E-state index in [1.807, 2.05) is 30.5 Å². The van der Waals surface area contributed by atoms with Gasteiger partial charge in [0.1, 0.15) is 11.5 Å². The Kier molecular flexibility index (Phi) is 4.52. The van der Waals surface area contributed by atoms with Gasteiger partial charge in [0.2, 0.25) is 5.91 Å². The van der Waals surface area contributed by atoms with Crippen LogP contribution >= 0.6 is 11.8 Å². The molecule has 2 rings (SSSR count). The second-order valence-corrected chi connectivity index (χ2v) is 4.96. The van der Waals surface area contributed by atoms with E-state index in [0.717, 1.165) is 23.0 Å². The summed E-state index contributed by atoms with van der Waals surface area (Å²) in [5.74, 6) is 2.34. The number of anilines is 1. The minimum atomic E-state index is -0.417. The van der Waals surface area contributed by atoms with Gasteiger partial charge in [-0.05, 0) is 42.7 Å². The molecule has 0 fully saturated rings. The number of carbonyl (C=O) groups excluding carboxylic acids is 1. The topological polar surface area (TPSA) is 68.3 Å². The average Bonchev–Trinajstić information content (AvgIpc) is 2.85. The number of nitrogens with one attached hydrogen (secondary N) is 1. The Balaban J connectivity index is 1.92. The second-order valence-electron chi connectivity index (χ2n) is 4.10. The van der Waals surface area contributed by atoms with Crippen LogP contribution in [0, 0.1) is 0 Å². The number of amides is 1. The molecule has 0 saturated heterocycles. The third kappa shape index (κ3) is 3.79. The lowest BCUT2D eigenvalue weighted by atomic mass is 10.2. The maximum Gasteiger partial charge on any atom is 0.248 e. The number of carbonyl (C=O) groups is 1. The molecule has 3 N–H and O–H groups in total. The molecule has 0 aliphatic heterocycles. The number of hydrogen-bond donors (Lipinski definition) is 2. The van der Waals surface area contributed by atoms with Crippen molar-refractivity contribution >= 4 is 23.4 Å². The Labute approximate surface area is 116 Å². The zero-order valence-corrected chi connectivity index (χ0v) is 11.5. The number of benzene rings is 1. The SMILES string of the molecule is CSCc1ccc(CNc2ccc(C(N)=O)cc2)o1. The lowest BCUT2D eigenvalue weighted by Gasteiger charge is -2.04. The Bertz CT molecular complexity index is 549. The van der Waals surface area contributed by atoms with Crippen LogP contribution < -0.4 is 11.1 Å². The standard InChI is InChI=1S/C14H16N2O2S/c1-19-9-13-7-6-12(18-13)8-16-11-4-2-10(3-5-11)14(15)17/h2-7,16H,8-9H2,1H3,(H2,15,17). The monoisotopic (exact) mass is 276 g/mol. The summed E-state index contributed by atoms with van der Waals surface area (Å²) in [6.45, 7) is 0.615. The third-order valence-corrected chi connectivity index (χ3v) is 3.21. The first-order chi connectivity index (χ1) is 9.19. The molecule has 100 valence electrons. The quantitative estimate of drug-likeness (QED) is 0.851. The molecule has 4 nitrogen and oxygen atoms in total. The second kappa shape index (κ2) is 6.33. The predicted octanol–water partition coefficient (Wildman–Crippen LogP) is 2.85. The number of furan rings is 1. The largest absolute Gasteiger partial charge is 0.463 e. The first-order valence-corrected chi connectivity index (χ1v) is 7.28. The molecule has 0 aliphatic carbocycles. The van der Waals surface area contributed by atoms with Crippen molar-refractivity contribution in [1.82, 2.24) is 0 Å². The summed E-state index contributed by atoms with van der Waals surface area (Å²) in [7, 11) is 0. The fraction of sp³-hybridized carbons (Fsp3) is 0.214. The van der Waals surface area contributed by atoms with Gasteiger partial charge in [0.05, 0.1) is 12.3 Å². The van der Waals surface area contributed by atoms with Gasteiger partial charge in [-0.25, -0.2) is 0 Å². The van der Waals surface area contributed by atoms with E-state index in [1.165, 1.54) is 0 Å². The Morgan fingerprint density at radius 3 is 2.53 bits per heavy atom. The zero-order valence-electron chi connectivity index (χ0n) is 10.7. The van der Waals surface area contributed by atoms with Gasteiger partial charge >= 0.3 is 0 Å². The number of primary amides is 1. The molecule has 1 amide bonds. The predicted molar refractivity (Wildman–Crippen MR) is 78.2 cm³/mol. The van der Waals surface area contributed by atoms with Crippen LogP contribution in [0.1, 0.15) is 21.9 Å². The summed E-state index contributed by atoms with van der Waals surface area (Å²) in [5, 5.41) is 3.23. The summed E-state index contributed by atoms with van der Waals surface area (Å²) >= 11 is 1.73. The normalized spacial score (nSPS) is 10.4. The number of thioether (sulfide) groups is 1. The van der Waals surface area contributed by atoms with E-state index in [1.54, 1.807) is 23.9 Å². The number of nitrogens with two attached hydrogens (primary N) is 1. The molecule has 1 aromatic heterocycles. The van der Waals surface area contributed by atoms with Crippen LogP contribution in [0.4, 0.5) is 5.69 Å². The summed E-state index contributed by atoms with van der Waals surface area (Å²) in [4.78, 5) is 10.9. The zero-order chi connectivity index (χ0) is 13.7. The molecule has 0 saturated carbocycles. The average molecular weight is 276 g/mol. The highest BCUT2D eigenvalue weighted by Crippen LogP contribution is 2.15. The van der Waals surface area contributed by atoms with Crippen molar-refractivity contribution in [3.63, 3.8) is 0 Å².